The van der Waals surface area contributed by atoms with Crippen molar-refractivity contribution in [2.45, 2.75) is 26.7 Å². The van der Waals surface area contributed by atoms with Gasteiger partial charge in [-0.1, -0.05) is 50.2 Å². The van der Waals surface area contributed by atoms with Gasteiger partial charge in [0.25, 0.3) is 0 Å². The van der Waals surface area contributed by atoms with Crippen molar-refractivity contribution in [2.75, 3.05) is 0 Å². The Kier molecular flexibility index (Phi) is 3.21. The topological polar surface area (TPSA) is 26.0 Å². The molecule has 0 amide bonds. The van der Waals surface area contributed by atoms with Crippen molar-refractivity contribution in [3.05, 3.63) is 65.9 Å². The summed E-state index contributed by atoms with van der Waals surface area (Å²) in [5.74, 6) is 1.45. The lowest BCUT2D eigenvalue weighted by molar-refractivity contribution is 0.362. The molecule has 2 aromatic heterocycles. The lowest BCUT2D eigenvalue weighted by Crippen LogP contribution is -2.20. The predicted octanol–water partition coefficient (Wildman–Crippen LogP) is 6.02. The molecule has 2 heterocycles. The number of nitrogens with zero attached hydrogens (tertiary/aromatic N) is 1. The average Bonchev–Trinajstić information content (AvgIpc) is 3.02. The van der Waals surface area contributed by atoms with Gasteiger partial charge in [-0.3, -0.25) is 4.98 Å². The molecule has 0 spiro atoms. The Bertz CT molecular complexity index is 1080. The van der Waals surface area contributed by atoms with Gasteiger partial charge < -0.3 is 4.42 Å². The molecule has 1 aliphatic carbocycles. The van der Waals surface area contributed by atoms with Crippen molar-refractivity contribution in [1.82, 2.24) is 4.98 Å². The van der Waals surface area contributed by atoms with Crippen LogP contribution in [0.4, 0.5) is 0 Å². The molecule has 0 saturated carbocycles. The van der Waals surface area contributed by atoms with Gasteiger partial charge in [-0.05, 0) is 47.9 Å². The second-order valence-electron chi connectivity index (χ2n) is 7.44. The van der Waals surface area contributed by atoms with Gasteiger partial charge in [0.05, 0.1) is 0 Å². The first-order valence-corrected chi connectivity index (χ1v) is 9.10. The van der Waals surface area contributed by atoms with Crippen LogP contribution in [0.3, 0.4) is 0 Å². The van der Waals surface area contributed by atoms with Crippen molar-refractivity contribution >= 4 is 21.9 Å². The van der Waals surface area contributed by atoms with Crippen molar-refractivity contribution in [3.8, 4) is 11.3 Å². The van der Waals surface area contributed by atoms with Crippen LogP contribution in [0.2, 0.25) is 0 Å². The highest BCUT2D eigenvalue weighted by Gasteiger charge is 2.26. The molecule has 0 N–H and O–H groups in total. The van der Waals surface area contributed by atoms with Crippen LogP contribution in [-0.2, 0) is 12.8 Å². The summed E-state index contributed by atoms with van der Waals surface area (Å²) in [6, 6.07) is 16.8. The normalized spacial score (nSPS) is 20.1. The Morgan fingerprint density at radius 1 is 0.920 bits per heavy atom. The summed E-state index contributed by atoms with van der Waals surface area (Å²) in [4.78, 5) is 4.62. The van der Waals surface area contributed by atoms with Gasteiger partial charge in [0.2, 0.25) is 0 Å². The van der Waals surface area contributed by atoms with E-state index in [1.807, 2.05) is 24.4 Å². The molecule has 25 heavy (non-hydrogen) atoms. The van der Waals surface area contributed by atoms with Gasteiger partial charge in [-0.2, -0.15) is 0 Å². The summed E-state index contributed by atoms with van der Waals surface area (Å²) in [7, 11) is 0. The van der Waals surface area contributed by atoms with Crippen molar-refractivity contribution in [1.29, 1.82) is 0 Å². The summed E-state index contributed by atoms with van der Waals surface area (Å²) in [6.45, 7) is 4.73. The fourth-order valence-corrected chi connectivity index (χ4v) is 4.21. The minimum Gasteiger partial charge on any atom is -0.454 e. The van der Waals surface area contributed by atoms with Gasteiger partial charge in [0, 0.05) is 22.5 Å². The highest BCUT2D eigenvalue weighted by molar-refractivity contribution is 6.10. The maximum Gasteiger partial charge on any atom is 0.161 e. The lowest BCUT2D eigenvalue weighted by Gasteiger charge is -2.28. The molecule has 5 rings (SSSR count). The zero-order valence-corrected chi connectivity index (χ0v) is 14.6. The largest absolute Gasteiger partial charge is 0.454 e. The number of pyridine rings is 1. The van der Waals surface area contributed by atoms with Gasteiger partial charge in [-0.15, -0.1) is 0 Å². The molecule has 2 nitrogen and oxygen atoms in total. The quantitative estimate of drug-likeness (QED) is 0.427. The molecule has 124 valence electrons. The molecule has 1 aliphatic rings. The number of rotatable bonds is 1. The van der Waals surface area contributed by atoms with E-state index in [1.165, 1.54) is 21.9 Å². The molecule has 0 saturated heterocycles. The zero-order valence-electron chi connectivity index (χ0n) is 14.6. The van der Waals surface area contributed by atoms with Crippen LogP contribution in [0, 0.1) is 11.8 Å². The molecule has 0 fully saturated rings. The van der Waals surface area contributed by atoms with Crippen LogP contribution >= 0.6 is 0 Å². The van der Waals surface area contributed by atoms with E-state index in [0.29, 0.717) is 5.92 Å². The molecule has 2 unspecified atom stereocenters. The van der Waals surface area contributed by atoms with Crippen LogP contribution in [-0.4, -0.2) is 4.98 Å². The average molecular weight is 327 g/mol. The third-order valence-electron chi connectivity index (χ3n) is 5.84. The number of fused-ring (bicyclic) bond motifs is 5. The molecular weight excluding hydrogens is 306 g/mol. The highest BCUT2D eigenvalue weighted by Crippen LogP contribution is 2.41. The number of hydrogen-bond donors (Lipinski definition) is 0. The van der Waals surface area contributed by atoms with E-state index in [2.05, 4.69) is 49.2 Å². The third kappa shape index (κ3) is 2.21. The Morgan fingerprint density at radius 2 is 1.72 bits per heavy atom. The number of hydrogen-bond acceptors (Lipinski definition) is 2. The summed E-state index contributed by atoms with van der Waals surface area (Å²) >= 11 is 0. The monoisotopic (exact) mass is 327 g/mol. The maximum atomic E-state index is 6.30. The minimum atomic E-state index is 0.707. The minimum absolute atomic E-state index is 0.707. The number of furan rings is 1. The molecule has 0 bridgehead atoms. The van der Waals surface area contributed by atoms with Crippen LogP contribution in [0.1, 0.15) is 25.0 Å². The molecule has 0 aliphatic heterocycles. The van der Waals surface area contributed by atoms with Crippen molar-refractivity contribution in [2.24, 2.45) is 11.8 Å². The van der Waals surface area contributed by atoms with Crippen LogP contribution < -0.4 is 0 Å². The number of aromatic nitrogens is 1. The summed E-state index contributed by atoms with van der Waals surface area (Å²) in [5, 5.41) is 2.49. The van der Waals surface area contributed by atoms with E-state index in [4.69, 9.17) is 4.42 Å². The smallest absolute Gasteiger partial charge is 0.161 e. The van der Waals surface area contributed by atoms with E-state index in [-0.39, 0.29) is 0 Å². The molecule has 2 heteroatoms. The van der Waals surface area contributed by atoms with Gasteiger partial charge in [0.15, 0.2) is 5.58 Å². The lowest BCUT2D eigenvalue weighted by atomic mass is 9.76. The fraction of sp³-hybridized carbons (Fsp3) is 0.261. The Labute approximate surface area is 147 Å². The van der Waals surface area contributed by atoms with E-state index in [9.17, 15) is 0 Å². The highest BCUT2D eigenvalue weighted by atomic mass is 16.3. The summed E-state index contributed by atoms with van der Waals surface area (Å²) < 4.78 is 6.30. The second-order valence-corrected chi connectivity index (χ2v) is 7.44. The Morgan fingerprint density at radius 3 is 2.56 bits per heavy atom. The molecular formula is C23H21NO. The van der Waals surface area contributed by atoms with E-state index in [0.717, 1.165) is 41.2 Å². The fourth-order valence-electron chi connectivity index (χ4n) is 4.21. The van der Waals surface area contributed by atoms with Gasteiger partial charge >= 0.3 is 0 Å². The molecule has 2 atom stereocenters. The maximum absolute atomic E-state index is 6.30. The Hall–Kier alpha value is -2.61. The van der Waals surface area contributed by atoms with E-state index >= 15 is 0 Å². The molecule has 2 aromatic carbocycles. The second kappa shape index (κ2) is 5.45. The number of benzene rings is 2. The predicted molar refractivity (Wildman–Crippen MR) is 103 cm³/mol. The Balaban J connectivity index is 1.82. The SMILES string of the molecule is CC1Cc2ccc3oc4c(-c5ccccc5)nccc4c3c2CC1C. The van der Waals surface area contributed by atoms with Crippen molar-refractivity contribution in [3.63, 3.8) is 0 Å². The van der Waals surface area contributed by atoms with Crippen LogP contribution in [0.15, 0.2) is 59.1 Å². The summed E-state index contributed by atoms with van der Waals surface area (Å²) in [6.07, 6.45) is 4.20. The first-order valence-electron chi connectivity index (χ1n) is 9.10. The third-order valence-corrected chi connectivity index (χ3v) is 5.84. The van der Waals surface area contributed by atoms with Crippen LogP contribution in [0.5, 0.6) is 0 Å². The molecule has 0 radical (unpaired) electrons. The van der Waals surface area contributed by atoms with Gasteiger partial charge in [0.1, 0.15) is 11.3 Å². The first kappa shape index (κ1) is 14.7. The van der Waals surface area contributed by atoms with Crippen molar-refractivity contribution < 1.29 is 4.42 Å². The van der Waals surface area contributed by atoms with E-state index < -0.39 is 0 Å². The standard InChI is InChI=1S/C23H21NO/c1-14-12-17-8-9-20-21(19(17)13-15(14)2)18-10-11-24-22(23(18)25-20)16-6-4-3-5-7-16/h3-11,14-15H,12-13H2,1-2H3. The van der Waals surface area contributed by atoms with Crippen LogP contribution in [0.25, 0.3) is 33.2 Å². The zero-order chi connectivity index (χ0) is 17.0. The van der Waals surface area contributed by atoms with E-state index in [1.54, 1.807) is 0 Å². The first-order chi connectivity index (χ1) is 12.2. The van der Waals surface area contributed by atoms with Gasteiger partial charge in [-0.25, -0.2) is 0 Å². The molecule has 4 aromatic rings. The summed E-state index contributed by atoms with van der Waals surface area (Å²) in [5.41, 5.74) is 6.89.